The van der Waals surface area contributed by atoms with E-state index in [0.29, 0.717) is 0 Å². The average molecular weight is 285 g/mol. The second kappa shape index (κ2) is 4.67. The first kappa shape index (κ1) is 14.3. The van der Waals surface area contributed by atoms with Crippen molar-refractivity contribution >= 4 is 16.7 Å². The van der Waals surface area contributed by atoms with Crippen LogP contribution in [0.2, 0.25) is 0 Å². The third-order valence-electron chi connectivity index (χ3n) is 4.25. The van der Waals surface area contributed by atoms with Crippen LogP contribution in [-0.2, 0) is 4.74 Å². The molecule has 4 nitrogen and oxygen atoms in total. The highest BCUT2D eigenvalue weighted by atomic mass is 16.5. The van der Waals surface area contributed by atoms with Crippen molar-refractivity contribution in [3.63, 3.8) is 0 Å². The zero-order valence-corrected chi connectivity index (χ0v) is 13.4. The Hall–Kier alpha value is -1.68. The van der Waals surface area contributed by atoms with E-state index in [-0.39, 0.29) is 17.2 Å². The van der Waals surface area contributed by atoms with Crippen molar-refractivity contribution in [3.8, 4) is 0 Å². The lowest BCUT2D eigenvalue weighted by molar-refractivity contribution is -0.0662. The highest BCUT2D eigenvalue weighted by Crippen LogP contribution is 2.39. The number of nitrogens with zero attached hydrogens (tertiary/aromatic N) is 2. The summed E-state index contributed by atoms with van der Waals surface area (Å²) in [4.78, 5) is 8.85. The molecule has 0 saturated carbocycles. The lowest BCUT2D eigenvalue weighted by atomic mass is 9.94. The van der Waals surface area contributed by atoms with Crippen LogP contribution in [0.25, 0.3) is 10.9 Å². The first-order valence-electron chi connectivity index (χ1n) is 7.46. The minimum Gasteiger partial charge on any atom is -0.367 e. The molecule has 1 aromatic carbocycles. The molecule has 1 atom stereocenters. The van der Waals surface area contributed by atoms with Crippen LogP contribution in [0, 0.1) is 6.92 Å². The van der Waals surface area contributed by atoms with Gasteiger partial charge in [-0.05, 0) is 52.7 Å². The summed E-state index contributed by atoms with van der Waals surface area (Å²) in [5, 5.41) is 4.65. The maximum Gasteiger partial charge on any atom is 0.137 e. The Kier molecular flexibility index (Phi) is 3.17. The van der Waals surface area contributed by atoms with Gasteiger partial charge in [0.2, 0.25) is 0 Å². The van der Waals surface area contributed by atoms with Crippen LogP contribution in [-0.4, -0.2) is 27.2 Å². The molecule has 112 valence electrons. The summed E-state index contributed by atoms with van der Waals surface area (Å²) in [6.45, 7) is 10.6. The summed E-state index contributed by atoms with van der Waals surface area (Å²) < 4.78 is 6.15. The molecule has 0 radical (unpaired) electrons. The number of aromatic nitrogens is 2. The Morgan fingerprint density at radius 1 is 1.19 bits per heavy atom. The van der Waals surface area contributed by atoms with E-state index in [0.717, 1.165) is 23.1 Å². The van der Waals surface area contributed by atoms with Gasteiger partial charge in [0.1, 0.15) is 12.1 Å². The second-order valence-corrected chi connectivity index (χ2v) is 7.06. The van der Waals surface area contributed by atoms with Gasteiger partial charge in [-0.1, -0.05) is 12.1 Å². The molecule has 1 saturated heterocycles. The van der Waals surface area contributed by atoms with Gasteiger partial charge in [-0.15, -0.1) is 0 Å². The maximum absolute atomic E-state index is 6.15. The largest absolute Gasteiger partial charge is 0.367 e. The zero-order chi connectivity index (χ0) is 15.3. The van der Waals surface area contributed by atoms with Crippen LogP contribution < -0.4 is 5.32 Å². The van der Waals surface area contributed by atoms with Crippen LogP contribution in [0.15, 0.2) is 24.5 Å². The Bertz CT molecular complexity index is 679. The normalized spacial score (nSPS) is 23.4. The van der Waals surface area contributed by atoms with E-state index in [2.05, 4.69) is 62.0 Å². The molecule has 4 heteroatoms. The van der Waals surface area contributed by atoms with Gasteiger partial charge in [-0.25, -0.2) is 9.97 Å². The van der Waals surface area contributed by atoms with Gasteiger partial charge in [-0.3, -0.25) is 0 Å². The third-order valence-corrected chi connectivity index (χ3v) is 4.25. The molecule has 21 heavy (non-hydrogen) atoms. The van der Waals surface area contributed by atoms with E-state index in [1.165, 1.54) is 5.56 Å². The Morgan fingerprint density at radius 3 is 2.62 bits per heavy atom. The van der Waals surface area contributed by atoms with E-state index in [1.54, 1.807) is 6.33 Å². The monoisotopic (exact) mass is 285 g/mol. The standard InChI is InChI=1S/C17H23N3O/c1-11-7-6-8-12-14(11)18-10-19-15(12)20-13-9-16(2,3)21-17(13,4)5/h6-8,10,13H,9H2,1-5H3,(H,18,19,20). The average Bonchev–Trinajstić information content (AvgIpc) is 2.58. The molecule has 1 aromatic heterocycles. The van der Waals surface area contributed by atoms with E-state index >= 15 is 0 Å². The zero-order valence-electron chi connectivity index (χ0n) is 13.4. The number of ether oxygens (including phenoxy) is 1. The smallest absolute Gasteiger partial charge is 0.137 e. The minimum absolute atomic E-state index is 0.111. The summed E-state index contributed by atoms with van der Waals surface area (Å²) >= 11 is 0. The first-order valence-corrected chi connectivity index (χ1v) is 7.46. The first-order chi connectivity index (χ1) is 9.78. The lowest BCUT2D eigenvalue weighted by Crippen LogP contribution is -2.38. The number of rotatable bonds is 2. The van der Waals surface area contributed by atoms with Crippen LogP contribution in [0.4, 0.5) is 5.82 Å². The molecule has 0 bridgehead atoms. The van der Waals surface area contributed by atoms with Crippen molar-refractivity contribution in [2.45, 2.75) is 58.3 Å². The van der Waals surface area contributed by atoms with Gasteiger partial charge in [0.25, 0.3) is 0 Å². The maximum atomic E-state index is 6.15. The molecular weight excluding hydrogens is 262 g/mol. The highest BCUT2D eigenvalue weighted by Gasteiger charge is 2.46. The Balaban J connectivity index is 1.98. The topological polar surface area (TPSA) is 47.0 Å². The summed E-state index contributed by atoms with van der Waals surface area (Å²) in [7, 11) is 0. The number of anilines is 1. The van der Waals surface area contributed by atoms with E-state index in [4.69, 9.17) is 4.74 Å². The van der Waals surface area contributed by atoms with Crippen molar-refractivity contribution in [3.05, 3.63) is 30.1 Å². The summed E-state index contributed by atoms with van der Waals surface area (Å²) in [5.74, 6) is 0.892. The number of benzene rings is 1. The van der Waals surface area contributed by atoms with E-state index < -0.39 is 0 Å². The number of hydrogen-bond acceptors (Lipinski definition) is 4. The minimum atomic E-state index is -0.218. The van der Waals surface area contributed by atoms with Gasteiger partial charge in [-0.2, -0.15) is 0 Å². The predicted molar refractivity (Wildman–Crippen MR) is 85.5 cm³/mol. The number of nitrogens with one attached hydrogen (secondary N) is 1. The van der Waals surface area contributed by atoms with Gasteiger partial charge >= 0.3 is 0 Å². The molecule has 0 amide bonds. The molecular formula is C17H23N3O. The third kappa shape index (κ3) is 2.60. The van der Waals surface area contributed by atoms with Crippen molar-refractivity contribution in [1.82, 2.24) is 9.97 Å². The van der Waals surface area contributed by atoms with Crippen LogP contribution >= 0.6 is 0 Å². The number of para-hydroxylation sites is 1. The molecule has 1 fully saturated rings. The highest BCUT2D eigenvalue weighted by molar-refractivity contribution is 5.90. The van der Waals surface area contributed by atoms with Crippen LogP contribution in [0.5, 0.6) is 0 Å². The van der Waals surface area contributed by atoms with Gasteiger partial charge < -0.3 is 10.1 Å². The quantitative estimate of drug-likeness (QED) is 0.914. The van der Waals surface area contributed by atoms with Crippen molar-refractivity contribution < 1.29 is 4.74 Å². The SMILES string of the molecule is Cc1cccc2c(NC3CC(C)(C)OC3(C)C)ncnc12. The molecule has 2 aromatic rings. The number of aryl methyl sites for hydroxylation is 1. The van der Waals surface area contributed by atoms with Crippen molar-refractivity contribution in [2.75, 3.05) is 5.32 Å². The van der Waals surface area contributed by atoms with Gasteiger partial charge in [0.05, 0.1) is 22.8 Å². The number of hydrogen-bond donors (Lipinski definition) is 1. The number of fused-ring (bicyclic) bond motifs is 1. The molecule has 0 spiro atoms. The summed E-state index contributed by atoms with van der Waals surface area (Å²) in [6, 6.07) is 6.42. The van der Waals surface area contributed by atoms with Crippen molar-refractivity contribution in [1.29, 1.82) is 0 Å². The fraction of sp³-hybridized carbons (Fsp3) is 0.529. The molecule has 1 aliphatic rings. The van der Waals surface area contributed by atoms with E-state index in [9.17, 15) is 0 Å². The fourth-order valence-corrected chi connectivity index (χ4v) is 3.30. The van der Waals surface area contributed by atoms with E-state index in [1.807, 2.05) is 6.07 Å². The van der Waals surface area contributed by atoms with Gasteiger partial charge in [0, 0.05) is 5.39 Å². The fourth-order valence-electron chi connectivity index (χ4n) is 3.30. The molecule has 3 rings (SSSR count). The molecule has 1 N–H and O–H groups in total. The molecule has 1 unspecified atom stereocenters. The Labute approximate surface area is 125 Å². The predicted octanol–water partition coefficient (Wildman–Crippen LogP) is 3.70. The van der Waals surface area contributed by atoms with Crippen LogP contribution in [0.3, 0.4) is 0 Å². The molecule has 1 aliphatic heterocycles. The second-order valence-electron chi connectivity index (χ2n) is 7.06. The molecule has 2 heterocycles. The summed E-state index contributed by atoms with van der Waals surface area (Å²) in [5.41, 5.74) is 1.84. The van der Waals surface area contributed by atoms with Crippen LogP contribution in [0.1, 0.15) is 39.7 Å². The van der Waals surface area contributed by atoms with Gasteiger partial charge in [0.15, 0.2) is 0 Å². The summed E-state index contributed by atoms with van der Waals surface area (Å²) in [6.07, 6.45) is 2.59. The molecule has 0 aliphatic carbocycles. The Morgan fingerprint density at radius 2 is 1.95 bits per heavy atom. The van der Waals surface area contributed by atoms with Crippen molar-refractivity contribution in [2.24, 2.45) is 0 Å². The lowest BCUT2D eigenvalue weighted by Gasteiger charge is -2.28.